The van der Waals surface area contributed by atoms with Crippen molar-refractivity contribution in [2.75, 3.05) is 18.2 Å². The molecule has 98 valence electrons. The summed E-state index contributed by atoms with van der Waals surface area (Å²) < 4.78 is 17.7. The van der Waals surface area contributed by atoms with Gasteiger partial charge in [0.15, 0.2) is 0 Å². The lowest BCUT2D eigenvalue weighted by Crippen LogP contribution is -2.14. The Kier molecular flexibility index (Phi) is 3.61. The molecule has 5 nitrogen and oxygen atoms in total. The third-order valence-electron chi connectivity index (χ3n) is 2.47. The van der Waals surface area contributed by atoms with Crippen LogP contribution in [-0.4, -0.2) is 18.0 Å². The summed E-state index contributed by atoms with van der Waals surface area (Å²) in [5.41, 5.74) is 6.69. The fourth-order valence-electron chi connectivity index (χ4n) is 1.48. The first-order chi connectivity index (χ1) is 9.10. The van der Waals surface area contributed by atoms with Gasteiger partial charge in [0.2, 0.25) is 0 Å². The average Bonchev–Trinajstić information content (AvgIpc) is 2.41. The molecule has 0 unspecified atom stereocenters. The molecule has 0 spiro atoms. The lowest BCUT2D eigenvalue weighted by atomic mass is 10.2. The van der Waals surface area contributed by atoms with Gasteiger partial charge in [-0.05, 0) is 24.3 Å². The van der Waals surface area contributed by atoms with Crippen molar-refractivity contribution in [2.24, 2.45) is 0 Å². The molecule has 1 aromatic heterocycles. The highest BCUT2D eigenvalue weighted by Crippen LogP contribution is 2.24. The molecule has 6 heteroatoms. The van der Waals surface area contributed by atoms with E-state index in [4.69, 9.17) is 10.5 Å². The van der Waals surface area contributed by atoms with E-state index in [9.17, 15) is 9.18 Å². The van der Waals surface area contributed by atoms with Crippen molar-refractivity contribution in [3.8, 4) is 5.75 Å². The number of nitrogens with zero attached hydrogens (tertiary/aromatic N) is 1. The summed E-state index contributed by atoms with van der Waals surface area (Å²) in [6, 6.07) is 7.34. The number of aromatic nitrogens is 1. The van der Waals surface area contributed by atoms with E-state index in [1.54, 1.807) is 18.2 Å². The standard InChI is InChI=1S/C13H12FN3O2/c1-19-9-3-5-11(10(15)6-9)17-13(18)12-4-2-8(14)7-16-12/h2-7H,15H2,1H3,(H,17,18). The van der Waals surface area contributed by atoms with Crippen LogP contribution in [0, 0.1) is 5.82 Å². The number of anilines is 2. The summed E-state index contributed by atoms with van der Waals surface area (Å²) in [5, 5.41) is 2.59. The van der Waals surface area contributed by atoms with Crippen LogP contribution in [0.2, 0.25) is 0 Å². The average molecular weight is 261 g/mol. The van der Waals surface area contributed by atoms with Crippen LogP contribution in [0.5, 0.6) is 5.75 Å². The highest BCUT2D eigenvalue weighted by Gasteiger charge is 2.10. The number of amides is 1. The summed E-state index contributed by atoms with van der Waals surface area (Å²) >= 11 is 0. The lowest BCUT2D eigenvalue weighted by molar-refractivity contribution is 0.102. The molecule has 2 rings (SSSR count). The zero-order valence-corrected chi connectivity index (χ0v) is 10.2. The Hall–Kier alpha value is -2.63. The number of benzene rings is 1. The van der Waals surface area contributed by atoms with E-state index >= 15 is 0 Å². The van der Waals surface area contributed by atoms with Crippen LogP contribution < -0.4 is 15.8 Å². The Morgan fingerprint density at radius 2 is 2.16 bits per heavy atom. The molecule has 0 bridgehead atoms. The van der Waals surface area contributed by atoms with Crippen LogP contribution in [0.25, 0.3) is 0 Å². The minimum atomic E-state index is -0.500. The van der Waals surface area contributed by atoms with Crippen LogP contribution in [0.1, 0.15) is 10.5 Å². The van der Waals surface area contributed by atoms with Gasteiger partial charge in [-0.1, -0.05) is 0 Å². The van der Waals surface area contributed by atoms with Gasteiger partial charge >= 0.3 is 0 Å². The molecule has 0 saturated heterocycles. The Morgan fingerprint density at radius 3 is 2.74 bits per heavy atom. The second-order valence-corrected chi connectivity index (χ2v) is 3.77. The lowest BCUT2D eigenvalue weighted by Gasteiger charge is -2.09. The quantitative estimate of drug-likeness (QED) is 0.829. The van der Waals surface area contributed by atoms with Crippen molar-refractivity contribution in [1.82, 2.24) is 4.98 Å². The molecule has 19 heavy (non-hydrogen) atoms. The fraction of sp³-hybridized carbons (Fsp3) is 0.0769. The largest absolute Gasteiger partial charge is 0.497 e. The molecule has 3 N–H and O–H groups in total. The second-order valence-electron chi connectivity index (χ2n) is 3.77. The van der Waals surface area contributed by atoms with Gasteiger partial charge < -0.3 is 15.8 Å². The number of nitrogen functional groups attached to an aromatic ring is 1. The molecular formula is C13H12FN3O2. The zero-order chi connectivity index (χ0) is 13.8. The highest BCUT2D eigenvalue weighted by molar-refractivity contribution is 6.04. The van der Waals surface area contributed by atoms with Crippen LogP contribution >= 0.6 is 0 Å². The highest BCUT2D eigenvalue weighted by atomic mass is 19.1. The van der Waals surface area contributed by atoms with Crippen LogP contribution in [-0.2, 0) is 0 Å². The van der Waals surface area contributed by atoms with Gasteiger partial charge in [-0.2, -0.15) is 0 Å². The second kappa shape index (κ2) is 5.34. The van der Waals surface area contributed by atoms with E-state index in [-0.39, 0.29) is 5.69 Å². The smallest absolute Gasteiger partial charge is 0.274 e. The van der Waals surface area contributed by atoms with E-state index in [0.29, 0.717) is 17.1 Å². The van der Waals surface area contributed by atoms with Crippen molar-refractivity contribution in [3.63, 3.8) is 0 Å². The number of nitrogens with one attached hydrogen (secondary N) is 1. The number of ether oxygens (including phenoxy) is 1. The number of rotatable bonds is 3. The number of carbonyl (C=O) groups excluding carboxylic acids is 1. The Labute approximate surface area is 109 Å². The van der Waals surface area contributed by atoms with Crippen molar-refractivity contribution in [2.45, 2.75) is 0 Å². The summed E-state index contributed by atoms with van der Waals surface area (Å²) in [5.74, 6) is -0.368. The summed E-state index contributed by atoms with van der Waals surface area (Å²) in [4.78, 5) is 15.5. The van der Waals surface area contributed by atoms with Gasteiger partial charge in [0.05, 0.1) is 24.7 Å². The molecule has 0 fully saturated rings. The van der Waals surface area contributed by atoms with Gasteiger partial charge in [-0.15, -0.1) is 0 Å². The zero-order valence-electron chi connectivity index (χ0n) is 10.2. The van der Waals surface area contributed by atoms with Crippen molar-refractivity contribution in [1.29, 1.82) is 0 Å². The van der Waals surface area contributed by atoms with Gasteiger partial charge in [-0.25, -0.2) is 9.37 Å². The normalized spacial score (nSPS) is 10.0. The molecule has 1 amide bonds. The number of pyridine rings is 1. The van der Waals surface area contributed by atoms with Crippen molar-refractivity contribution in [3.05, 3.63) is 48.0 Å². The first-order valence-electron chi connectivity index (χ1n) is 5.46. The maximum atomic E-state index is 12.7. The molecule has 0 saturated carbocycles. The number of hydrogen-bond acceptors (Lipinski definition) is 4. The molecule has 0 aliphatic carbocycles. The fourth-order valence-corrected chi connectivity index (χ4v) is 1.48. The number of hydrogen-bond donors (Lipinski definition) is 2. The van der Waals surface area contributed by atoms with Crippen molar-refractivity contribution >= 4 is 17.3 Å². The number of halogens is 1. The summed E-state index contributed by atoms with van der Waals surface area (Å²) in [6.07, 6.45) is 0.978. The monoisotopic (exact) mass is 261 g/mol. The number of carbonyl (C=O) groups is 1. The SMILES string of the molecule is COc1ccc(NC(=O)c2ccc(F)cn2)c(N)c1. The number of methoxy groups -OCH3 is 1. The topological polar surface area (TPSA) is 77.2 Å². The van der Waals surface area contributed by atoms with Gasteiger partial charge in [-0.3, -0.25) is 4.79 Å². The predicted molar refractivity (Wildman–Crippen MR) is 69.6 cm³/mol. The minimum absolute atomic E-state index is 0.108. The van der Waals surface area contributed by atoms with Crippen molar-refractivity contribution < 1.29 is 13.9 Å². The van der Waals surface area contributed by atoms with Gasteiger partial charge in [0.25, 0.3) is 5.91 Å². The van der Waals surface area contributed by atoms with E-state index in [1.807, 2.05) is 0 Å². The first kappa shape index (κ1) is 12.8. The van der Waals surface area contributed by atoms with Crippen LogP contribution in [0.3, 0.4) is 0 Å². The molecule has 0 radical (unpaired) electrons. The third kappa shape index (κ3) is 2.98. The molecule has 0 aliphatic rings. The van der Waals surface area contributed by atoms with E-state index < -0.39 is 11.7 Å². The summed E-state index contributed by atoms with van der Waals surface area (Å²) in [6.45, 7) is 0. The molecule has 0 aliphatic heterocycles. The summed E-state index contributed by atoms with van der Waals surface area (Å²) in [7, 11) is 1.52. The van der Waals surface area contributed by atoms with Gasteiger partial charge in [0.1, 0.15) is 17.3 Å². The number of nitrogens with two attached hydrogens (primary N) is 1. The maximum absolute atomic E-state index is 12.7. The Balaban J connectivity index is 2.17. The Morgan fingerprint density at radius 1 is 1.37 bits per heavy atom. The van der Waals surface area contributed by atoms with Crippen LogP contribution in [0.15, 0.2) is 36.5 Å². The third-order valence-corrected chi connectivity index (χ3v) is 2.47. The van der Waals surface area contributed by atoms with Gasteiger partial charge in [0, 0.05) is 6.07 Å². The Bertz CT molecular complexity index is 599. The first-order valence-corrected chi connectivity index (χ1v) is 5.46. The molecule has 1 heterocycles. The molecule has 2 aromatic rings. The van der Waals surface area contributed by atoms with E-state index in [0.717, 1.165) is 6.20 Å². The molecule has 0 atom stereocenters. The predicted octanol–water partition coefficient (Wildman–Crippen LogP) is 2.06. The molecule has 1 aromatic carbocycles. The van der Waals surface area contributed by atoms with E-state index in [1.165, 1.54) is 19.2 Å². The maximum Gasteiger partial charge on any atom is 0.274 e. The van der Waals surface area contributed by atoms with E-state index in [2.05, 4.69) is 10.3 Å². The van der Waals surface area contributed by atoms with Crippen LogP contribution in [0.4, 0.5) is 15.8 Å². The molecular weight excluding hydrogens is 249 g/mol. The minimum Gasteiger partial charge on any atom is -0.497 e.